The topological polar surface area (TPSA) is 15.3 Å². The van der Waals surface area contributed by atoms with Gasteiger partial charge in [0.25, 0.3) is 0 Å². The van der Waals surface area contributed by atoms with Gasteiger partial charge in [-0.05, 0) is 45.7 Å². The smallest absolute Gasteiger partial charge is 0.0192 e. The molecule has 0 amide bonds. The zero-order chi connectivity index (χ0) is 10.4. The average Bonchev–Trinajstić information content (AvgIpc) is 2.97. The van der Waals surface area contributed by atoms with E-state index in [1.165, 1.54) is 45.3 Å². The predicted octanol–water partition coefficient (Wildman–Crippen LogP) is 2.25. The third-order valence-electron chi connectivity index (χ3n) is 2.92. The molecule has 0 aromatic rings. The van der Waals surface area contributed by atoms with Crippen LogP contribution in [0.2, 0.25) is 0 Å². The molecule has 1 aliphatic rings. The van der Waals surface area contributed by atoms with Gasteiger partial charge in [-0.25, -0.2) is 0 Å². The Morgan fingerprint density at radius 3 is 2.21 bits per heavy atom. The third-order valence-corrected chi connectivity index (χ3v) is 2.92. The van der Waals surface area contributed by atoms with Crippen LogP contribution < -0.4 is 5.32 Å². The number of hydrogen-bond acceptors (Lipinski definition) is 2. The van der Waals surface area contributed by atoms with Crippen LogP contribution >= 0.6 is 0 Å². The van der Waals surface area contributed by atoms with Gasteiger partial charge in [0.1, 0.15) is 0 Å². The Labute approximate surface area is 89.1 Å². The minimum atomic E-state index is 0.704. The van der Waals surface area contributed by atoms with Crippen molar-refractivity contribution >= 4 is 0 Å². The van der Waals surface area contributed by atoms with Gasteiger partial charge in [-0.3, -0.25) is 4.90 Å². The summed E-state index contributed by atoms with van der Waals surface area (Å²) in [5.41, 5.74) is 0. The Hall–Kier alpha value is -0.0800. The zero-order valence-electron chi connectivity index (χ0n) is 10.1. The van der Waals surface area contributed by atoms with Crippen LogP contribution in [0.25, 0.3) is 0 Å². The fourth-order valence-electron chi connectivity index (χ4n) is 1.88. The Morgan fingerprint density at radius 1 is 1.21 bits per heavy atom. The lowest BCUT2D eigenvalue weighted by molar-refractivity contribution is 0.204. The van der Waals surface area contributed by atoms with Crippen molar-refractivity contribution in [3.05, 3.63) is 0 Å². The molecule has 2 heteroatoms. The van der Waals surface area contributed by atoms with Crippen molar-refractivity contribution in [1.29, 1.82) is 0 Å². The van der Waals surface area contributed by atoms with Crippen LogP contribution in [0.5, 0.6) is 0 Å². The molecule has 0 saturated heterocycles. The quantitative estimate of drug-likeness (QED) is 0.643. The van der Waals surface area contributed by atoms with E-state index in [0.29, 0.717) is 6.04 Å². The van der Waals surface area contributed by atoms with Gasteiger partial charge in [0, 0.05) is 18.6 Å². The van der Waals surface area contributed by atoms with Crippen molar-refractivity contribution in [2.75, 3.05) is 19.6 Å². The highest BCUT2D eigenvalue weighted by Crippen LogP contribution is 2.18. The molecule has 84 valence electrons. The summed E-state index contributed by atoms with van der Waals surface area (Å²) >= 11 is 0. The van der Waals surface area contributed by atoms with Crippen molar-refractivity contribution in [1.82, 2.24) is 10.2 Å². The maximum absolute atomic E-state index is 3.61. The molecule has 1 fully saturated rings. The number of hydrogen-bond donors (Lipinski definition) is 1. The molecule has 1 N–H and O–H groups in total. The first-order valence-corrected chi connectivity index (χ1v) is 6.25. The number of nitrogens with one attached hydrogen (secondary N) is 1. The Morgan fingerprint density at radius 2 is 1.79 bits per heavy atom. The molecule has 0 aromatic heterocycles. The van der Waals surface area contributed by atoms with Crippen LogP contribution in [0, 0.1) is 0 Å². The van der Waals surface area contributed by atoms with Crippen molar-refractivity contribution in [3.63, 3.8) is 0 Å². The molecule has 0 heterocycles. The lowest BCUT2D eigenvalue weighted by atomic mass is 10.2. The van der Waals surface area contributed by atoms with Gasteiger partial charge in [-0.15, -0.1) is 0 Å². The van der Waals surface area contributed by atoms with E-state index in [-0.39, 0.29) is 0 Å². The summed E-state index contributed by atoms with van der Waals surface area (Å²) in [5.74, 6) is 0. The Kier molecular flexibility index (Phi) is 5.49. The minimum Gasteiger partial charge on any atom is -0.312 e. The standard InChI is InChI=1S/C12H26N2/c1-4-8-14(9-5-2)11(3)10-13-12-6-7-12/h11-13H,4-10H2,1-3H3. The van der Waals surface area contributed by atoms with Gasteiger partial charge in [-0.1, -0.05) is 13.8 Å². The van der Waals surface area contributed by atoms with Crippen molar-refractivity contribution < 1.29 is 0 Å². The first-order valence-electron chi connectivity index (χ1n) is 6.25. The lowest BCUT2D eigenvalue weighted by Crippen LogP contribution is -2.41. The van der Waals surface area contributed by atoms with Crippen molar-refractivity contribution in [3.8, 4) is 0 Å². The van der Waals surface area contributed by atoms with Gasteiger partial charge < -0.3 is 5.32 Å². The van der Waals surface area contributed by atoms with Crippen LogP contribution in [0.15, 0.2) is 0 Å². The molecule has 2 nitrogen and oxygen atoms in total. The van der Waals surface area contributed by atoms with Gasteiger partial charge in [0.2, 0.25) is 0 Å². The molecule has 0 aliphatic heterocycles. The van der Waals surface area contributed by atoms with Crippen LogP contribution in [0.4, 0.5) is 0 Å². The summed E-state index contributed by atoms with van der Waals surface area (Å²) in [6.45, 7) is 10.6. The maximum atomic E-state index is 3.61. The molecule has 1 atom stereocenters. The molecule has 1 saturated carbocycles. The van der Waals surface area contributed by atoms with E-state index in [9.17, 15) is 0 Å². The van der Waals surface area contributed by atoms with Crippen LogP contribution in [-0.4, -0.2) is 36.6 Å². The number of nitrogens with zero attached hydrogens (tertiary/aromatic N) is 1. The highest BCUT2D eigenvalue weighted by Gasteiger charge is 2.22. The molecule has 0 bridgehead atoms. The fraction of sp³-hybridized carbons (Fsp3) is 1.00. The van der Waals surface area contributed by atoms with E-state index >= 15 is 0 Å². The number of rotatable bonds is 8. The summed E-state index contributed by atoms with van der Waals surface area (Å²) in [6.07, 6.45) is 5.34. The fourth-order valence-corrected chi connectivity index (χ4v) is 1.88. The first-order chi connectivity index (χ1) is 6.77. The molecular formula is C12H26N2. The SMILES string of the molecule is CCCN(CCC)C(C)CNC1CC1. The summed E-state index contributed by atoms with van der Waals surface area (Å²) in [4.78, 5) is 2.61. The van der Waals surface area contributed by atoms with E-state index < -0.39 is 0 Å². The Bertz CT molecular complexity index is 137. The summed E-state index contributed by atoms with van der Waals surface area (Å²) in [5, 5.41) is 3.61. The largest absolute Gasteiger partial charge is 0.312 e. The second kappa shape index (κ2) is 6.41. The van der Waals surface area contributed by atoms with Crippen LogP contribution in [-0.2, 0) is 0 Å². The van der Waals surface area contributed by atoms with Gasteiger partial charge in [0.05, 0.1) is 0 Å². The van der Waals surface area contributed by atoms with Crippen LogP contribution in [0.1, 0.15) is 46.5 Å². The first kappa shape index (κ1) is 12.0. The van der Waals surface area contributed by atoms with E-state index in [0.717, 1.165) is 6.04 Å². The normalized spacial score (nSPS) is 18.9. The summed E-state index contributed by atoms with van der Waals surface area (Å²) < 4.78 is 0. The van der Waals surface area contributed by atoms with E-state index in [2.05, 4.69) is 31.0 Å². The molecule has 0 radical (unpaired) electrons. The van der Waals surface area contributed by atoms with E-state index in [1.807, 2.05) is 0 Å². The Balaban J connectivity index is 2.16. The third kappa shape index (κ3) is 4.43. The second-order valence-corrected chi connectivity index (χ2v) is 4.57. The summed E-state index contributed by atoms with van der Waals surface area (Å²) in [7, 11) is 0. The maximum Gasteiger partial charge on any atom is 0.0192 e. The molecule has 0 spiro atoms. The van der Waals surface area contributed by atoms with Gasteiger partial charge >= 0.3 is 0 Å². The zero-order valence-corrected chi connectivity index (χ0v) is 10.1. The monoisotopic (exact) mass is 198 g/mol. The summed E-state index contributed by atoms with van der Waals surface area (Å²) in [6, 6.07) is 1.55. The van der Waals surface area contributed by atoms with Crippen molar-refractivity contribution in [2.45, 2.75) is 58.5 Å². The van der Waals surface area contributed by atoms with E-state index in [1.54, 1.807) is 0 Å². The van der Waals surface area contributed by atoms with Gasteiger partial charge in [0.15, 0.2) is 0 Å². The molecule has 1 aliphatic carbocycles. The lowest BCUT2D eigenvalue weighted by Gasteiger charge is -2.28. The second-order valence-electron chi connectivity index (χ2n) is 4.57. The van der Waals surface area contributed by atoms with Gasteiger partial charge in [-0.2, -0.15) is 0 Å². The predicted molar refractivity (Wildman–Crippen MR) is 62.6 cm³/mol. The van der Waals surface area contributed by atoms with E-state index in [4.69, 9.17) is 0 Å². The van der Waals surface area contributed by atoms with Crippen LogP contribution in [0.3, 0.4) is 0 Å². The molecule has 1 rings (SSSR count). The molecule has 1 unspecified atom stereocenters. The minimum absolute atomic E-state index is 0.704. The molecular weight excluding hydrogens is 172 g/mol. The average molecular weight is 198 g/mol. The molecule has 14 heavy (non-hydrogen) atoms. The van der Waals surface area contributed by atoms with Crippen molar-refractivity contribution in [2.24, 2.45) is 0 Å². The highest BCUT2D eigenvalue weighted by molar-refractivity contribution is 4.82. The highest BCUT2D eigenvalue weighted by atomic mass is 15.2. The molecule has 0 aromatic carbocycles.